The summed E-state index contributed by atoms with van der Waals surface area (Å²) in [7, 11) is -3.16. The van der Waals surface area contributed by atoms with E-state index in [0.29, 0.717) is 13.2 Å². The van der Waals surface area contributed by atoms with Crippen LogP contribution in [0.1, 0.15) is 0 Å². The number of fused-ring (bicyclic) bond motifs is 2. The van der Waals surface area contributed by atoms with Crippen molar-refractivity contribution in [1.82, 2.24) is 0 Å². The van der Waals surface area contributed by atoms with Crippen LogP contribution in [0.5, 0.6) is 0 Å². The van der Waals surface area contributed by atoms with E-state index in [2.05, 4.69) is 39.3 Å². The van der Waals surface area contributed by atoms with Gasteiger partial charge in [0.15, 0.2) is 16.6 Å². The van der Waals surface area contributed by atoms with Crippen LogP contribution in [0.4, 0.5) is 0 Å². The first kappa shape index (κ1) is 14.7. The quantitative estimate of drug-likeness (QED) is 0.744. The summed E-state index contributed by atoms with van der Waals surface area (Å²) in [5, 5.41) is 0. The second-order valence-electron chi connectivity index (χ2n) is 7.13. The van der Waals surface area contributed by atoms with Gasteiger partial charge in [0.2, 0.25) is 0 Å². The Bertz CT molecular complexity index is 297. The van der Waals surface area contributed by atoms with E-state index in [-0.39, 0.29) is 24.4 Å². The average molecular weight is 291 g/mol. The van der Waals surface area contributed by atoms with E-state index in [0.717, 1.165) is 0 Å². The Labute approximate surface area is 112 Å². The second-order valence-corrected chi connectivity index (χ2v) is 16.1. The zero-order chi connectivity index (χ0) is 13.6. The van der Waals surface area contributed by atoms with Crippen LogP contribution in [0.25, 0.3) is 0 Å². The number of rotatable bonds is 4. The van der Waals surface area contributed by atoms with Gasteiger partial charge >= 0.3 is 0 Å². The van der Waals surface area contributed by atoms with Crippen LogP contribution >= 0.6 is 0 Å². The van der Waals surface area contributed by atoms with Gasteiger partial charge in [-0.1, -0.05) is 0 Å². The number of hydrogen-bond donors (Lipinski definition) is 0. The van der Waals surface area contributed by atoms with Crippen molar-refractivity contribution >= 4 is 16.6 Å². The van der Waals surface area contributed by atoms with E-state index >= 15 is 0 Å². The Balaban J connectivity index is 2.04. The Morgan fingerprint density at radius 2 is 1.44 bits per heavy atom. The summed E-state index contributed by atoms with van der Waals surface area (Å²) in [6, 6.07) is 0. The minimum Gasteiger partial charge on any atom is -0.410 e. The van der Waals surface area contributed by atoms with Crippen LogP contribution in [-0.2, 0) is 18.3 Å². The first-order valence-corrected chi connectivity index (χ1v) is 13.6. The van der Waals surface area contributed by atoms with Crippen LogP contribution in [0.3, 0.4) is 0 Å². The summed E-state index contributed by atoms with van der Waals surface area (Å²) in [6.07, 6.45) is 0.258. The first-order valence-electron chi connectivity index (χ1n) is 6.74. The molecule has 0 aromatic heterocycles. The van der Waals surface area contributed by atoms with Gasteiger partial charge in [0.25, 0.3) is 0 Å². The van der Waals surface area contributed by atoms with E-state index in [1.165, 1.54) is 0 Å². The highest BCUT2D eigenvalue weighted by Gasteiger charge is 2.50. The molecule has 4 atom stereocenters. The molecule has 18 heavy (non-hydrogen) atoms. The maximum atomic E-state index is 6.23. The van der Waals surface area contributed by atoms with Crippen molar-refractivity contribution in [2.75, 3.05) is 13.2 Å². The Hall–Kier alpha value is 0.274. The summed E-state index contributed by atoms with van der Waals surface area (Å²) in [6.45, 7) is 14.5. The van der Waals surface area contributed by atoms with E-state index in [9.17, 15) is 0 Å². The first-order chi connectivity index (χ1) is 8.16. The van der Waals surface area contributed by atoms with Crippen molar-refractivity contribution < 1.29 is 18.3 Å². The van der Waals surface area contributed by atoms with Gasteiger partial charge in [-0.3, -0.25) is 0 Å². The molecule has 2 heterocycles. The standard InChI is InChI=1S/C12H26O4Si2/c1-17(2,3)15-10-8-13-9-7-14-11(10)12(9)16-18(4,5)6/h9-12H,7-8H2,1-6H3/t9?,10-,11?,12?/m0/s1. The molecule has 2 rings (SSSR count). The Kier molecular flexibility index (Phi) is 4.07. The normalized spacial score (nSPS) is 37.0. The summed E-state index contributed by atoms with van der Waals surface area (Å²) < 4.78 is 24.1. The molecular weight excluding hydrogens is 264 g/mol. The van der Waals surface area contributed by atoms with Crippen LogP contribution in [0.2, 0.25) is 39.3 Å². The van der Waals surface area contributed by atoms with Crippen LogP contribution in [0.15, 0.2) is 0 Å². The SMILES string of the molecule is C[Si](C)(C)OC1C2COC1[C@@H](O[Si](C)(C)C)CO2. The molecule has 4 nitrogen and oxygen atoms in total. The van der Waals surface area contributed by atoms with E-state index in [4.69, 9.17) is 18.3 Å². The van der Waals surface area contributed by atoms with Crippen molar-refractivity contribution in [3.05, 3.63) is 0 Å². The van der Waals surface area contributed by atoms with Gasteiger partial charge < -0.3 is 18.3 Å². The van der Waals surface area contributed by atoms with Gasteiger partial charge in [-0.2, -0.15) is 0 Å². The Morgan fingerprint density at radius 1 is 0.833 bits per heavy atom. The predicted molar refractivity (Wildman–Crippen MR) is 75.9 cm³/mol. The zero-order valence-corrected chi connectivity index (χ0v) is 14.4. The molecule has 0 amide bonds. The van der Waals surface area contributed by atoms with Crippen LogP contribution < -0.4 is 0 Å². The molecular formula is C12H26O4Si2. The molecule has 0 radical (unpaired) electrons. The van der Waals surface area contributed by atoms with Gasteiger partial charge in [-0.15, -0.1) is 0 Å². The third-order valence-electron chi connectivity index (χ3n) is 2.98. The van der Waals surface area contributed by atoms with Crippen molar-refractivity contribution in [1.29, 1.82) is 0 Å². The third-order valence-corrected chi connectivity index (χ3v) is 4.97. The lowest BCUT2D eigenvalue weighted by molar-refractivity contribution is -0.113. The molecule has 0 spiro atoms. The lowest BCUT2D eigenvalue weighted by Crippen LogP contribution is -2.55. The molecule has 2 aliphatic rings. The highest BCUT2D eigenvalue weighted by molar-refractivity contribution is 6.70. The van der Waals surface area contributed by atoms with E-state index < -0.39 is 16.6 Å². The molecule has 106 valence electrons. The van der Waals surface area contributed by atoms with E-state index in [1.807, 2.05) is 0 Å². The largest absolute Gasteiger partial charge is 0.410 e. The van der Waals surface area contributed by atoms with Crippen molar-refractivity contribution in [3.8, 4) is 0 Å². The molecule has 3 unspecified atom stereocenters. The van der Waals surface area contributed by atoms with Crippen molar-refractivity contribution in [3.63, 3.8) is 0 Å². The minimum atomic E-state index is -1.58. The lowest BCUT2D eigenvalue weighted by Gasteiger charge is -2.39. The number of ether oxygens (including phenoxy) is 2. The predicted octanol–water partition coefficient (Wildman–Crippen LogP) is 2.22. The van der Waals surface area contributed by atoms with Gasteiger partial charge in [0, 0.05) is 0 Å². The summed E-state index contributed by atoms with van der Waals surface area (Å²) in [4.78, 5) is 0. The van der Waals surface area contributed by atoms with Crippen molar-refractivity contribution in [2.24, 2.45) is 0 Å². The van der Waals surface area contributed by atoms with Gasteiger partial charge in [-0.25, -0.2) is 0 Å². The molecule has 2 bridgehead atoms. The molecule has 2 saturated heterocycles. The maximum Gasteiger partial charge on any atom is 0.184 e. The summed E-state index contributed by atoms with van der Waals surface area (Å²) >= 11 is 0. The highest BCUT2D eigenvalue weighted by atomic mass is 28.4. The van der Waals surface area contributed by atoms with E-state index in [1.54, 1.807) is 0 Å². The fourth-order valence-electron chi connectivity index (χ4n) is 2.49. The third kappa shape index (κ3) is 3.64. The van der Waals surface area contributed by atoms with Gasteiger partial charge in [0.05, 0.1) is 19.3 Å². The summed E-state index contributed by atoms with van der Waals surface area (Å²) in [5.41, 5.74) is 0. The Morgan fingerprint density at radius 3 is 2.00 bits per heavy atom. The fraction of sp³-hybridized carbons (Fsp3) is 1.00. The smallest absolute Gasteiger partial charge is 0.184 e. The molecule has 0 N–H and O–H groups in total. The molecule has 0 aromatic carbocycles. The average Bonchev–Trinajstić information content (AvgIpc) is 2.38. The molecule has 0 saturated carbocycles. The molecule has 2 fully saturated rings. The molecule has 6 heteroatoms. The molecule has 0 aliphatic carbocycles. The van der Waals surface area contributed by atoms with Gasteiger partial charge in [-0.05, 0) is 39.3 Å². The topological polar surface area (TPSA) is 36.9 Å². The second kappa shape index (κ2) is 4.99. The summed E-state index contributed by atoms with van der Waals surface area (Å²) in [5.74, 6) is 0. The highest BCUT2D eigenvalue weighted by Crippen LogP contribution is 2.32. The number of hydrogen-bond acceptors (Lipinski definition) is 4. The minimum absolute atomic E-state index is 0.0387. The maximum absolute atomic E-state index is 6.23. The van der Waals surface area contributed by atoms with Crippen molar-refractivity contribution in [2.45, 2.75) is 63.7 Å². The van der Waals surface area contributed by atoms with Crippen LogP contribution in [0, 0.1) is 0 Å². The lowest BCUT2D eigenvalue weighted by atomic mass is 10.0. The van der Waals surface area contributed by atoms with Crippen LogP contribution in [-0.4, -0.2) is 54.3 Å². The monoisotopic (exact) mass is 290 g/mol. The fourth-order valence-corrected chi connectivity index (χ4v) is 4.70. The zero-order valence-electron chi connectivity index (χ0n) is 12.4. The molecule has 2 aliphatic heterocycles. The van der Waals surface area contributed by atoms with Gasteiger partial charge in [0.1, 0.15) is 18.3 Å². The molecule has 0 aromatic rings.